The van der Waals surface area contributed by atoms with Gasteiger partial charge >= 0.3 is 0 Å². The maximum atomic E-state index is 15.4. The molecule has 7 rings (SSSR count). The monoisotopic (exact) mass is 578 g/mol. The summed E-state index contributed by atoms with van der Waals surface area (Å²) in [6, 6.07) is 44.9. The maximum Gasteiger partial charge on any atom is 0.284 e. The highest BCUT2D eigenvalue weighted by Crippen LogP contribution is 2.50. The molecule has 2 atom stereocenters. The molecule has 0 aliphatic carbocycles. The molecule has 2 aliphatic heterocycles. The van der Waals surface area contributed by atoms with E-state index in [0.717, 1.165) is 33.8 Å². The fourth-order valence-corrected chi connectivity index (χ4v) is 6.00. The number of ether oxygens (including phenoxy) is 2. The number of hydrazone groups is 1. The second kappa shape index (κ2) is 11.2. The van der Waals surface area contributed by atoms with Gasteiger partial charge in [-0.1, -0.05) is 91.0 Å². The van der Waals surface area contributed by atoms with Crippen LogP contribution in [-0.4, -0.2) is 37.3 Å². The second-order valence-corrected chi connectivity index (χ2v) is 10.6. The molecular weight excluding hydrogens is 548 g/mol. The summed E-state index contributed by atoms with van der Waals surface area (Å²) >= 11 is 0. The number of carbonyl (C=O) groups is 1. The Morgan fingerprint density at radius 1 is 0.614 bits per heavy atom. The van der Waals surface area contributed by atoms with Crippen LogP contribution in [0.4, 0.5) is 11.4 Å². The lowest BCUT2D eigenvalue weighted by molar-refractivity contribution is -0.121. The predicted octanol–water partition coefficient (Wildman–Crippen LogP) is 6.90. The van der Waals surface area contributed by atoms with Crippen LogP contribution in [0.15, 0.2) is 150 Å². The average Bonchev–Trinajstić information content (AvgIpc) is 3.60. The minimum Gasteiger partial charge on any atom is -0.497 e. The summed E-state index contributed by atoms with van der Waals surface area (Å²) in [5.41, 5.74) is 3.37. The van der Waals surface area contributed by atoms with Crippen LogP contribution in [0.2, 0.25) is 0 Å². The highest BCUT2D eigenvalue weighted by molar-refractivity contribution is 6.32. The third-order valence-corrected chi connectivity index (χ3v) is 8.09. The molecule has 1 amide bonds. The molecule has 5 aromatic carbocycles. The van der Waals surface area contributed by atoms with Gasteiger partial charge in [0.05, 0.1) is 37.2 Å². The van der Waals surface area contributed by atoms with Crippen molar-refractivity contribution in [2.45, 2.75) is 11.6 Å². The van der Waals surface area contributed by atoms with Gasteiger partial charge in [0.25, 0.3) is 5.91 Å². The average molecular weight is 579 g/mol. The number of aliphatic imine (C=N–C) groups is 1. The van der Waals surface area contributed by atoms with Gasteiger partial charge in [-0.25, -0.2) is 10.0 Å². The number of hydrogen-bond donors (Lipinski definition) is 0. The quantitative estimate of drug-likeness (QED) is 0.211. The van der Waals surface area contributed by atoms with Crippen LogP contribution in [-0.2, 0) is 4.79 Å². The molecule has 2 aliphatic rings. The van der Waals surface area contributed by atoms with Gasteiger partial charge in [0, 0.05) is 5.56 Å². The van der Waals surface area contributed by atoms with Crippen LogP contribution in [0.1, 0.15) is 22.6 Å². The first-order chi connectivity index (χ1) is 21.6. The Balaban J connectivity index is 1.52. The molecule has 7 heteroatoms. The van der Waals surface area contributed by atoms with Gasteiger partial charge < -0.3 is 9.47 Å². The molecule has 0 saturated carbocycles. The summed E-state index contributed by atoms with van der Waals surface area (Å²) in [6.45, 7) is 0. The maximum absolute atomic E-state index is 15.4. The van der Waals surface area contributed by atoms with Gasteiger partial charge in [-0.05, 0) is 59.7 Å². The molecule has 0 fully saturated rings. The topological polar surface area (TPSA) is 66.7 Å². The van der Waals surface area contributed by atoms with Crippen LogP contribution in [0.3, 0.4) is 0 Å². The van der Waals surface area contributed by atoms with Crippen molar-refractivity contribution >= 4 is 28.8 Å². The first kappa shape index (κ1) is 27.2. The fraction of sp³-hybridized carbons (Fsp3) is 0.108. The van der Waals surface area contributed by atoms with Crippen LogP contribution in [0.25, 0.3) is 0 Å². The summed E-state index contributed by atoms with van der Waals surface area (Å²) in [6.07, 6.45) is 0. The number of rotatable bonds is 7. The van der Waals surface area contributed by atoms with E-state index < -0.39 is 11.6 Å². The van der Waals surface area contributed by atoms with E-state index in [0.29, 0.717) is 17.3 Å². The van der Waals surface area contributed by atoms with Crippen molar-refractivity contribution in [3.8, 4) is 11.5 Å². The summed E-state index contributed by atoms with van der Waals surface area (Å²) in [5.74, 6) is 1.21. The minimum absolute atomic E-state index is 0.208. The lowest BCUT2D eigenvalue weighted by Crippen LogP contribution is -2.55. The third-order valence-electron chi connectivity index (χ3n) is 8.09. The molecule has 0 N–H and O–H groups in total. The highest BCUT2D eigenvalue weighted by atomic mass is 16.5. The zero-order valence-electron chi connectivity index (χ0n) is 24.4. The molecular formula is C37H30N4O3. The molecule has 44 heavy (non-hydrogen) atoms. The lowest BCUT2D eigenvalue weighted by Gasteiger charge is -2.35. The van der Waals surface area contributed by atoms with Crippen molar-refractivity contribution in [1.82, 2.24) is 0 Å². The van der Waals surface area contributed by atoms with Gasteiger partial charge in [0.15, 0.2) is 0 Å². The molecule has 0 radical (unpaired) electrons. The predicted molar refractivity (Wildman–Crippen MR) is 174 cm³/mol. The Morgan fingerprint density at radius 3 is 1.70 bits per heavy atom. The summed E-state index contributed by atoms with van der Waals surface area (Å²) in [5, 5.41) is 7.05. The van der Waals surface area contributed by atoms with Crippen molar-refractivity contribution in [2.24, 2.45) is 10.1 Å². The summed E-state index contributed by atoms with van der Waals surface area (Å²) < 4.78 is 10.9. The molecule has 5 aromatic rings. The van der Waals surface area contributed by atoms with E-state index in [4.69, 9.17) is 19.6 Å². The Labute approximate surface area is 256 Å². The molecule has 216 valence electrons. The largest absolute Gasteiger partial charge is 0.497 e. The molecule has 2 heterocycles. The van der Waals surface area contributed by atoms with Crippen molar-refractivity contribution in [1.29, 1.82) is 0 Å². The number of para-hydroxylation sites is 1. The third kappa shape index (κ3) is 4.41. The standard InChI is InChI=1S/C37H30N4O3/c1-43-31-22-18-26(19-23-31)33-34(27-12-6-3-7-13-27)39-41(30-16-10-5-11-17-30)37(33)36(42)40(29-20-24-32(44-2)25-21-29)35(38-37)28-14-8-4-9-15-28/h3-25,33H,1-2H3/t33-,37+/m1/s1. The molecule has 0 saturated heterocycles. The van der Waals surface area contributed by atoms with E-state index in [1.807, 2.05) is 140 Å². The number of hydrogen-bond acceptors (Lipinski definition) is 6. The first-order valence-electron chi connectivity index (χ1n) is 14.4. The van der Waals surface area contributed by atoms with E-state index >= 15 is 4.79 Å². The van der Waals surface area contributed by atoms with E-state index in [9.17, 15) is 0 Å². The lowest BCUT2D eigenvalue weighted by atomic mass is 9.80. The van der Waals surface area contributed by atoms with Crippen LogP contribution in [0.5, 0.6) is 11.5 Å². The van der Waals surface area contributed by atoms with Gasteiger partial charge in [-0.15, -0.1) is 0 Å². The summed E-state index contributed by atoms with van der Waals surface area (Å²) in [7, 11) is 3.27. The molecule has 0 unspecified atom stereocenters. The number of nitrogens with zero attached hydrogens (tertiary/aromatic N) is 4. The zero-order chi connectivity index (χ0) is 30.1. The van der Waals surface area contributed by atoms with Gasteiger partial charge in [0.1, 0.15) is 17.3 Å². The van der Waals surface area contributed by atoms with E-state index in [1.54, 1.807) is 24.1 Å². The number of anilines is 2. The van der Waals surface area contributed by atoms with Crippen LogP contribution >= 0.6 is 0 Å². The number of amides is 1. The number of carbonyl (C=O) groups excluding carboxylic acids is 1. The Bertz CT molecular complexity index is 1840. The van der Waals surface area contributed by atoms with E-state index in [1.165, 1.54) is 0 Å². The van der Waals surface area contributed by atoms with Crippen molar-refractivity contribution in [3.63, 3.8) is 0 Å². The Hall–Kier alpha value is -5.69. The van der Waals surface area contributed by atoms with Crippen molar-refractivity contribution in [3.05, 3.63) is 156 Å². The molecule has 0 bridgehead atoms. The van der Waals surface area contributed by atoms with Crippen LogP contribution < -0.4 is 19.4 Å². The first-order valence-corrected chi connectivity index (χ1v) is 14.4. The van der Waals surface area contributed by atoms with Gasteiger partial charge in [0.2, 0.25) is 5.66 Å². The van der Waals surface area contributed by atoms with E-state index in [-0.39, 0.29) is 5.91 Å². The number of amidine groups is 1. The Kier molecular flexibility index (Phi) is 6.91. The van der Waals surface area contributed by atoms with Gasteiger partial charge in [-0.2, -0.15) is 5.10 Å². The summed E-state index contributed by atoms with van der Waals surface area (Å²) in [4.78, 5) is 22.5. The smallest absolute Gasteiger partial charge is 0.284 e. The Morgan fingerprint density at radius 2 is 1.14 bits per heavy atom. The van der Waals surface area contributed by atoms with Crippen LogP contribution in [0, 0.1) is 0 Å². The number of benzene rings is 5. The minimum atomic E-state index is -1.47. The van der Waals surface area contributed by atoms with E-state index in [2.05, 4.69) is 0 Å². The normalized spacial score (nSPS) is 19.2. The molecule has 0 aromatic heterocycles. The highest BCUT2D eigenvalue weighted by Gasteiger charge is 2.63. The molecule has 1 spiro atoms. The fourth-order valence-electron chi connectivity index (χ4n) is 6.00. The SMILES string of the molecule is COc1ccc([C@@H]2C(c3ccccc3)=NN(c3ccccc3)[C@@]23N=C(c2ccccc2)N(c2ccc(OC)cc2)C3=O)cc1. The van der Waals surface area contributed by atoms with Gasteiger partial charge in [-0.3, -0.25) is 9.69 Å². The molecule has 7 nitrogen and oxygen atoms in total. The van der Waals surface area contributed by atoms with Crippen molar-refractivity contribution < 1.29 is 14.3 Å². The van der Waals surface area contributed by atoms with Crippen molar-refractivity contribution in [2.75, 3.05) is 24.1 Å². The number of methoxy groups -OCH3 is 2. The second-order valence-electron chi connectivity index (χ2n) is 10.6. The zero-order valence-corrected chi connectivity index (χ0v) is 24.4.